The molecule has 0 unspecified atom stereocenters. The van der Waals surface area contributed by atoms with Gasteiger partial charge in [-0.2, -0.15) is 8.42 Å². The summed E-state index contributed by atoms with van der Waals surface area (Å²) in [5.74, 6) is -0.503. The lowest BCUT2D eigenvalue weighted by Gasteiger charge is -2.49. The van der Waals surface area contributed by atoms with E-state index in [4.69, 9.17) is 4.18 Å². The Kier molecular flexibility index (Phi) is 6.86. The molecule has 5 rings (SSSR count). The predicted molar refractivity (Wildman–Crippen MR) is 151 cm³/mol. The first-order valence-corrected chi connectivity index (χ1v) is 15.1. The van der Waals surface area contributed by atoms with Gasteiger partial charge in [0, 0.05) is 53.4 Å². The average Bonchev–Trinajstić information content (AvgIpc) is 2.84. The van der Waals surface area contributed by atoms with Crippen LogP contribution in [0.2, 0.25) is 0 Å². The molecule has 0 saturated heterocycles. The average molecular weight is 548 g/mol. The molecule has 0 spiro atoms. The summed E-state index contributed by atoms with van der Waals surface area (Å²) < 4.78 is 32.2. The van der Waals surface area contributed by atoms with Gasteiger partial charge in [-0.05, 0) is 48.3 Å². The second kappa shape index (κ2) is 9.77. The van der Waals surface area contributed by atoms with E-state index < -0.39 is 16.0 Å². The van der Waals surface area contributed by atoms with E-state index in [0.29, 0.717) is 42.4 Å². The number of allylic oxidation sites excluding steroid dienone is 4. The molecule has 0 aromatic heterocycles. The van der Waals surface area contributed by atoms with E-state index in [1.54, 1.807) is 36.4 Å². The zero-order valence-electron chi connectivity index (χ0n) is 23.4. The first-order chi connectivity index (χ1) is 18.3. The Morgan fingerprint density at radius 3 is 1.85 bits per heavy atom. The maximum absolute atomic E-state index is 13.9. The number of hydrogen-bond acceptors (Lipinski definition) is 6. The molecular weight excluding hydrogens is 510 g/mol. The summed E-state index contributed by atoms with van der Waals surface area (Å²) in [5.41, 5.74) is 3.26. The van der Waals surface area contributed by atoms with Gasteiger partial charge in [-0.25, -0.2) is 0 Å². The van der Waals surface area contributed by atoms with E-state index in [0.717, 1.165) is 24.4 Å². The normalized spacial score (nSPS) is 21.1. The van der Waals surface area contributed by atoms with E-state index in [-0.39, 0.29) is 33.0 Å². The van der Waals surface area contributed by atoms with Gasteiger partial charge in [0.15, 0.2) is 11.6 Å². The Balaban J connectivity index is 1.74. The smallest absolute Gasteiger partial charge is 0.339 e. The van der Waals surface area contributed by atoms with Crippen LogP contribution in [0, 0.1) is 10.8 Å². The van der Waals surface area contributed by atoms with Crippen molar-refractivity contribution in [1.82, 2.24) is 4.90 Å². The predicted octanol–water partition coefficient (Wildman–Crippen LogP) is 6.55. The van der Waals surface area contributed by atoms with Crippen molar-refractivity contribution in [2.24, 2.45) is 10.8 Å². The molecule has 7 heteroatoms. The highest BCUT2D eigenvalue weighted by Crippen LogP contribution is 2.55. The minimum absolute atomic E-state index is 0.0113. The van der Waals surface area contributed by atoms with Gasteiger partial charge in [-0.1, -0.05) is 71.0 Å². The van der Waals surface area contributed by atoms with E-state index in [1.807, 2.05) is 6.07 Å². The minimum atomic E-state index is -4.13. The molecule has 0 bridgehead atoms. The number of carbonyl (C=O) groups is 2. The maximum Gasteiger partial charge on any atom is 0.339 e. The van der Waals surface area contributed by atoms with Crippen LogP contribution in [0.15, 0.2) is 82.0 Å². The van der Waals surface area contributed by atoms with Crippen LogP contribution in [0.25, 0.3) is 0 Å². The van der Waals surface area contributed by atoms with E-state index >= 15 is 0 Å². The zero-order valence-corrected chi connectivity index (χ0v) is 24.2. The van der Waals surface area contributed by atoms with E-state index in [2.05, 4.69) is 39.5 Å². The molecule has 2 aromatic rings. The quantitative estimate of drug-likeness (QED) is 0.382. The molecule has 206 valence electrons. The summed E-state index contributed by atoms with van der Waals surface area (Å²) in [6.07, 6.45) is 3.03. The molecule has 2 aromatic carbocycles. The second-order valence-corrected chi connectivity index (χ2v) is 14.1. The number of nitrogens with zero attached hydrogens (tertiary/aromatic N) is 1. The lowest BCUT2D eigenvalue weighted by atomic mass is 9.63. The Morgan fingerprint density at radius 2 is 1.31 bits per heavy atom. The number of benzene rings is 2. The lowest BCUT2D eigenvalue weighted by molar-refractivity contribution is -0.119. The van der Waals surface area contributed by atoms with Crippen molar-refractivity contribution in [2.45, 2.75) is 77.5 Å². The third-order valence-electron chi connectivity index (χ3n) is 7.93. The summed E-state index contributed by atoms with van der Waals surface area (Å²) in [6, 6.07) is 14.9. The van der Waals surface area contributed by atoms with Crippen molar-refractivity contribution in [3.8, 4) is 5.75 Å². The number of hydrogen-bond donors (Lipinski definition) is 0. The number of Topliss-reactive ketones (excluding diaryl/α,β-unsaturated/α-hetero) is 2. The highest BCUT2D eigenvalue weighted by atomic mass is 32.2. The fourth-order valence-corrected chi connectivity index (χ4v) is 7.38. The minimum Gasteiger partial charge on any atom is -0.379 e. The van der Waals surface area contributed by atoms with Gasteiger partial charge in [-0.15, -0.1) is 0 Å². The first kappa shape index (κ1) is 27.4. The van der Waals surface area contributed by atoms with Crippen LogP contribution in [-0.2, 0) is 19.7 Å². The van der Waals surface area contributed by atoms with Crippen LogP contribution >= 0.6 is 0 Å². The van der Waals surface area contributed by atoms with Gasteiger partial charge in [0.1, 0.15) is 10.6 Å². The standard InChI is InChI=1S/C32H37NO5S/c1-6-16-33-23-17-31(2,3)19-25(34)29(23)28(30-24(33)18-32(4,5)20-26(30)35)22-14-10-11-15-27(22)38-39(36,37)21-12-8-7-9-13-21/h7-15,28H,6,16-20H2,1-5H3. The molecule has 0 N–H and O–H groups in total. The van der Waals surface area contributed by atoms with Gasteiger partial charge in [0.2, 0.25) is 0 Å². The molecule has 1 heterocycles. The number of para-hydroxylation sites is 1. The van der Waals surface area contributed by atoms with Gasteiger partial charge < -0.3 is 9.08 Å². The summed E-state index contributed by atoms with van der Waals surface area (Å²) in [7, 11) is -4.13. The first-order valence-electron chi connectivity index (χ1n) is 13.7. The molecule has 2 aliphatic carbocycles. The van der Waals surface area contributed by atoms with E-state index in [9.17, 15) is 18.0 Å². The van der Waals surface area contributed by atoms with Crippen LogP contribution in [0.5, 0.6) is 5.75 Å². The Morgan fingerprint density at radius 1 is 0.795 bits per heavy atom. The second-order valence-electron chi connectivity index (χ2n) is 12.6. The van der Waals surface area contributed by atoms with Crippen LogP contribution < -0.4 is 4.18 Å². The van der Waals surface area contributed by atoms with Crippen molar-refractivity contribution in [2.75, 3.05) is 6.54 Å². The summed E-state index contributed by atoms with van der Waals surface area (Å²) in [6.45, 7) is 11.3. The van der Waals surface area contributed by atoms with Crippen LogP contribution in [0.1, 0.15) is 78.2 Å². The summed E-state index contributed by atoms with van der Waals surface area (Å²) >= 11 is 0. The molecule has 6 nitrogen and oxygen atoms in total. The van der Waals surface area contributed by atoms with Gasteiger partial charge in [-0.3, -0.25) is 9.59 Å². The maximum atomic E-state index is 13.9. The van der Waals surface area contributed by atoms with Crippen LogP contribution in [0.3, 0.4) is 0 Å². The van der Waals surface area contributed by atoms with Gasteiger partial charge >= 0.3 is 10.1 Å². The fourth-order valence-electron chi connectivity index (χ4n) is 6.40. The SMILES string of the molecule is CCCN1C2=C(C(=O)CC(C)(C)C2)C(c2ccccc2OS(=O)(=O)c2ccccc2)C2=C1CC(C)(C)CC2=O. The number of rotatable bonds is 6. The van der Waals surface area contributed by atoms with Crippen molar-refractivity contribution in [1.29, 1.82) is 0 Å². The Labute approximate surface area is 231 Å². The topological polar surface area (TPSA) is 80.8 Å². The Bertz CT molecular complexity index is 1440. The fraction of sp³-hybridized carbons (Fsp3) is 0.438. The molecule has 3 aliphatic rings. The summed E-state index contributed by atoms with van der Waals surface area (Å²) in [5, 5.41) is 0. The molecule has 0 radical (unpaired) electrons. The molecule has 0 amide bonds. The molecule has 0 fully saturated rings. The van der Waals surface area contributed by atoms with Gasteiger partial charge in [0.05, 0.1) is 0 Å². The number of carbonyl (C=O) groups excluding carboxylic acids is 2. The van der Waals surface area contributed by atoms with Crippen molar-refractivity contribution < 1.29 is 22.2 Å². The lowest BCUT2D eigenvalue weighted by Crippen LogP contribution is -2.44. The van der Waals surface area contributed by atoms with Crippen LogP contribution in [0.4, 0.5) is 0 Å². The highest BCUT2D eigenvalue weighted by molar-refractivity contribution is 7.87. The summed E-state index contributed by atoms with van der Waals surface area (Å²) in [4.78, 5) is 30.1. The molecule has 1 aliphatic heterocycles. The van der Waals surface area contributed by atoms with E-state index in [1.165, 1.54) is 12.1 Å². The highest BCUT2D eigenvalue weighted by Gasteiger charge is 2.49. The number of ketones is 2. The van der Waals surface area contributed by atoms with Crippen molar-refractivity contribution >= 4 is 21.7 Å². The molecule has 39 heavy (non-hydrogen) atoms. The zero-order chi connectivity index (χ0) is 28.2. The molecular formula is C32H37NO5S. The van der Waals surface area contributed by atoms with Crippen LogP contribution in [-0.4, -0.2) is 31.4 Å². The largest absolute Gasteiger partial charge is 0.379 e. The monoisotopic (exact) mass is 547 g/mol. The third-order valence-corrected chi connectivity index (χ3v) is 9.18. The van der Waals surface area contributed by atoms with Gasteiger partial charge in [0.25, 0.3) is 0 Å². The third kappa shape index (κ3) is 5.09. The van der Waals surface area contributed by atoms with Crippen molar-refractivity contribution in [3.05, 3.63) is 82.7 Å². The molecule has 0 saturated carbocycles. The van der Waals surface area contributed by atoms with Crippen molar-refractivity contribution in [3.63, 3.8) is 0 Å². The Hall–Kier alpha value is -3.19. The molecule has 0 atom stereocenters.